The molecule has 1 heterocycles. The number of nitriles is 1. The van der Waals surface area contributed by atoms with Crippen molar-refractivity contribution in [2.24, 2.45) is 0 Å². The molecule has 1 aromatic carbocycles. The van der Waals surface area contributed by atoms with Crippen molar-refractivity contribution < 1.29 is 4.74 Å². The molecule has 0 fully saturated rings. The molecule has 0 radical (unpaired) electrons. The smallest absolute Gasteiger partial charge is 0.230 e. The molecule has 0 spiro atoms. The lowest BCUT2D eigenvalue weighted by Crippen LogP contribution is -2.15. The summed E-state index contributed by atoms with van der Waals surface area (Å²) in [6.45, 7) is 4.00. The predicted octanol–water partition coefficient (Wildman–Crippen LogP) is 2.15. The van der Waals surface area contributed by atoms with Crippen LogP contribution in [-0.4, -0.2) is 35.7 Å². The lowest BCUT2D eigenvalue weighted by molar-refractivity contribution is 0.362. The molecule has 2 rings (SSSR count). The van der Waals surface area contributed by atoms with Gasteiger partial charge in [0.05, 0.1) is 5.57 Å². The third-order valence-electron chi connectivity index (χ3n) is 2.98. The average Bonchev–Trinajstić information content (AvgIpc) is 2.58. The first-order chi connectivity index (χ1) is 11.5. The molecule has 0 atom stereocenters. The Morgan fingerprint density at radius 1 is 1.33 bits per heavy atom. The van der Waals surface area contributed by atoms with Gasteiger partial charge < -0.3 is 15.4 Å². The predicted molar refractivity (Wildman–Crippen MR) is 94.2 cm³/mol. The van der Waals surface area contributed by atoms with Gasteiger partial charge in [-0.25, -0.2) is 0 Å². The Morgan fingerprint density at radius 2 is 2.08 bits per heavy atom. The van der Waals surface area contributed by atoms with E-state index in [4.69, 9.17) is 10.5 Å². The van der Waals surface area contributed by atoms with Crippen LogP contribution in [0.3, 0.4) is 0 Å². The SMILES string of the molecule is C=CCOc1ccccc1/C=C(\C#N)c1nc(N)nc(N(C)C)n1. The maximum Gasteiger partial charge on any atom is 0.230 e. The molecule has 0 aliphatic heterocycles. The van der Waals surface area contributed by atoms with E-state index >= 15 is 0 Å². The first kappa shape index (κ1) is 17.0. The summed E-state index contributed by atoms with van der Waals surface area (Å²) in [6, 6.07) is 9.47. The second kappa shape index (κ2) is 7.74. The molecule has 0 amide bonds. The van der Waals surface area contributed by atoms with Gasteiger partial charge in [-0.1, -0.05) is 30.9 Å². The Labute approximate surface area is 140 Å². The molecule has 1 aromatic heterocycles. The molecule has 0 bridgehead atoms. The lowest BCUT2D eigenvalue weighted by atomic mass is 10.1. The molecule has 0 saturated heterocycles. The van der Waals surface area contributed by atoms with Crippen LogP contribution in [0.5, 0.6) is 5.75 Å². The van der Waals surface area contributed by atoms with Gasteiger partial charge in [-0.2, -0.15) is 20.2 Å². The lowest BCUT2D eigenvalue weighted by Gasteiger charge is -2.11. The maximum absolute atomic E-state index is 9.50. The van der Waals surface area contributed by atoms with Gasteiger partial charge in [0.15, 0.2) is 5.82 Å². The van der Waals surface area contributed by atoms with Gasteiger partial charge in [-0.15, -0.1) is 0 Å². The van der Waals surface area contributed by atoms with E-state index in [0.29, 0.717) is 18.3 Å². The largest absolute Gasteiger partial charge is 0.489 e. The zero-order valence-electron chi connectivity index (χ0n) is 13.6. The van der Waals surface area contributed by atoms with Crippen molar-refractivity contribution in [1.29, 1.82) is 5.26 Å². The van der Waals surface area contributed by atoms with Crippen molar-refractivity contribution in [2.75, 3.05) is 31.3 Å². The van der Waals surface area contributed by atoms with Gasteiger partial charge in [-0.3, -0.25) is 0 Å². The number of rotatable bonds is 6. The minimum atomic E-state index is 0.0565. The van der Waals surface area contributed by atoms with E-state index in [9.17, 15) is 5.26 Å². The van der Waals surface area contributed by atoms with Gasteiger partial charge in [0.1, 0.15) is 18.4 Å². The van der Waals surface area contributed by atoms with E-state index in [0.717, 1.165) is 5.56 Å². The Hall–Kier alpha value is -3.40. The zero-order valence-corrected chi connectivity index (χ0v) is 13.6. The highest BCUT2D eigenvalue weighted by atomic mass is 16.5. The summed E-state index contributed by atoms with van der Waals surface area (Å²) in [5, 5.41) is 9.50. The van der Waals surface area contributed by atoms with E-state index in [1.54, 1.807) is 31.1 Å². The molecule has 7 heteroatoms. The number of ether oxygens (including phenoxy) is 1. The van der Waals surface area contributed by atoms with Crippen LogP contribution in [0, 0.1) is 11.3 Å². The summed E-state index contributed by atoms with van der Waals surface area (Å²) < 4.78 is 5.60. The Balaban J connectivity index is 2.48. The van der Waals surface area contributed by atoms with Crippen LogP contribution in [0.4, 0.5) is 11.9 Å². The van der Waals surface area contributed by atoms with Crippen LogP contribution in [0.1, 0.15) is 11.4 Å². The second-order valence-electron chi connectivity index (χ2n) is 5.02. The summed E-state index contributed by atoms with van der Waals surface area (Å²) in [5.74, 6) is 1.29. The molecule has 0 aliphatic carbocycles. The van der Waals surface area contributed by atoms with Crippen LogP contribution in [0.25, 0.3) is 11.6 Å². The van der Waals surface area contributed by atoms with Crippen molar-refractivity contribution in [2.45, 2.75) is 0 Å². The van der Waals surface area contributed by atoms with Gasteiger partial charge in [0.25, 0.3) is 0 Å². The fourth-order valence-corrected chi connectivity index (χ4v) is 1.88. The Bertz CT molecular complexity index is 807. The number of allylic oxidation sites excluding steroid dienone is 1. The highest BCUT2D eigenvalue weighted by molar-refractivity contribution is 5.88. The summed E-state index contributed by atoms with van der Waals surface area (Å²) in [7, 11) is 3.57. The topological polar surface area (TPSA) is 101 Å². The van der Waals surface area contributed by atoms with Crippen molar-refractivity contribution in [1.82, 2.24) is 15.0 Å². The van der Waals surface area contributed by atoms with E-state index in [1.807, 2.05) is 24.3 Å². The van der Waals surface area contributed by atoms with Crippen LogP contribution < -0.4 is 15.4 Å². The number of hydrogen-bond acceptors (Lipinski definition) is 7. The van der Waals surface area contributed by atoms with Crippen molar-refractivity contribution in [3.63, 3.8) is 0 Å². The third kappa shape index (κ3) is 4.08. The fraction of sp³-hybridized carbons (Fsp3) is 0.176. The minimum absolute atomic E-state index is 0.0565. The van der Waals surface area contributed by atoms with Crippen LogP contribution in [-0.2, 0) is 0 Å². The van der Waals surface area contributed by atoms with E-state index in [-0.39, 0.29) is 17.3 Å². The third-order valence-corrected chi connectivity index (χ3v) is 2.98. The Kier molecular flexibility index (Phi) is 5.47. The standard InChI is InChI=1S/C17H18N6O/c1-4-9-24-14-8-6-5-7-12(14)10-13(11-18)15-20-16(19)22-17(21-15)23(2)3/h4-8,10H,1,9H2,2-3H3,(H2,19,20,21,22)/b13-10+. The van der Waals surface area contributed by atoms with E-state index in [1.165, 1.54) is 0 Å². The number of para-hydroxylation sites is 1. The quantitative estimate of drug-likeness (QED) is 0.642. The van der Waals surface area contributed by atoms with Crippen LogP contribution in [0.15, 0.2) is 36.9 Å². The highest BCUT2D eigenvalue weighted by Gasteiger charge is 2.12. The maximum atomic E-state index is 9.50. The molecule has 24 heavy (non-hydrogen) atoms. The molecule has 2 aromatic rings. The number of anilines is 2. The normalized spacial score (nSPS) is 10.8. The molecule has 7 nitrogen and oxygen atoms in total. The van der Waals surface area contributed by atoms with Gasteiger partial charge >= 0.3 is 0 Å². The monoisotopic (exact) mass is 322 g/mol. The number of aromatic nitrogens is 3. The number of benzene rings is 1. The van der Waals surface area contributed by atoms with Crippen LogP contribution >= 0.6 is 0 Å². The van der Waals surface area contributed by atoms with Gasteiger partial charge in [-0.05, 0) is 12.1 Å². The zero-order chi connectivity index (χ0) is 17.5. The van der Waals surface area contributed by atoms with E-state index < -0.39 is 0 Å². The molecule has 2 N–H and O–H groups in total. The fourth-order valence-electron chi connectivity index (χ4n) is 1.88. The highest BCUT2D eigenvalue weighted by Crippen LogP contribution is 2.24. The first-order valence-electron chi connectivity index (χ1n) is 7.19. The molecule has 122 valence electrons. The minimum Gasteiger partial charge on any atom is -0.489 e. The average molecular weight is 322 g/mol. The summed E-state index contributed by atoms with van der Waals surface area (Å²) in [6.07, 6.45) is 3.31. The summed E-state index contributed by atoms with van der Waals surface area (Å²) in [4.78, 5) is 14.0. The van der Waals surface area contributed by atoms with Gasteiger partial charge in [0.2, 0.25) is 11.9 Å². The molecule has 0 unspecified atom stereocenters. The number of nitrogens with two attached hydrogens (primary N) is 1. The van der Waals surface area contributed by atoms with E-state index in [2.05, 4.69) is 27.6 Å². The number of hydrogen-bond donors (Lipinski definition) is 1. The Morgan fingerprint density at radius 3 is 2.75 bits per heavy atom. The summed E-state index contributed by atoms with van der Waals surface area (Å²) >= 11 is 0. The second-order valence-corrected chi connectivity index (χ2v) is 5.02. The molecule has 0 saturated carbocycles. The molecule has 0 aliphatic rings. The van der Waals surface area contributed by atoms with Crippen molar-refractivity contribution in [3.8, 4) is 11.8 Å². The van der Waals surface area contributed by atoms with Crippen molar-refractivity contribution in [3.05, 3.63) is 48.3 Å². The first-order valence-corrected chi connectivity index (χ1v) is 7.19. The van der Waals surface area contributed by atoms with Crippen LogP contribution in [0.2, 0.25) is 0 Å². The van der Waals surface area contributed by atoms with Gasteiger partial charge in [0, 0.05) is 19.7 Å². The molecular weight excluding hydrogens is 304 g/mol. The number of nitrogen functional groups attached to an aromatic ring is 1. The summed E-state index contributed by atoms with van der Waals surface area (Å²) in [5.41, 5.74) is 6.72. The number of nitrogens with zero attached hydrogens (tertiary/aromatic N) is 5. The molecular formula is C17H18N6O. The van der Waals surface area contributed by atoms with Crippen molar-refractivity contribution >= 4 is 23.5 Å².